The lowest BCUT2D eigenvalue weighted by Crippen LogP contribution is -2.46. The zero-order chi connectivity index (χ0) is 30.4. The van der Waals surface area contributed by atoms with Gasteiger partial charge in [-0.05, 0) is 75.4 Å². The number of nitrogens with one attached hydrogen (secondary N) is 1. The number of nitrogens with zero attached hydrogens (tertiary/aromatic N) is 7. The Bertz CT molecular complexity index is 1730. The summed E-state index contributed by atoms with van der Waals surface area (Å²) in [5.74, 6) is 1.53. The number of aromatic amines is 1. The van der Waals surface area contributed by atoms with Gasteiger partial charge in [-0.2, -0.15) is 10.2 Å². The molecule has 1 saturated carbocycles. The van der Waals surface area contributed by atoms with Crippen molar-refractivity contribution in [3.05, 3.63) is 66.1 Å². The van der Waals surface area contributed by atoms with Crippen molar-refractivity contribution in [2.24, 2.45) is 12.5 Å². The maximum atomic E-state index is 14.0. The van der Waals surface area contributed by atoms with Crippen LogP contribution in [0.4, 0.5) is 5.69 Å². The molecule has 44 heavy (non-hydrogen) atoms. The summed E-state index contributed by atoms with van der Waals surface area (Å²) in [5, 5.41) is 13.2. The average molecular weight is 593 g/mol. The van der Waals surface area contributed by atoms with Crippen LogP contribution in [0, 0.1) is 5.41 Å². The van der Waals surface area contributed by atoms with Crippen molar-refractivity contribution in [1.82, 2.24) is 34.8 Å². The van der Waals surface area contributed by atoms with Crippen LogP contribution >= 0.6 is 0 Å². The average Bonchev–Trinajstić information content (AvgIpc) is 3.45. The molecule has 4 aromatic rings. The topological polar surface area (TPSA) is 103 Å². The van der Waals surface area contributed by atoms with Gasteiger partial charge in [0.05, 0.1) is 17.5 Å². The summed E-state index contributed by atoms with van der Waals surface area (Å²) in [5.41, 5.74) is 5.94. The molecule has 0 bridgehead atoms. The molecule has 0 spiro atoms. The zero-order valence-electron chi connectivity index (χ0n) is 25.8. The number of carbonyl (C=O) groups is 2. The van der Waals surface area contributed by atoms with Crippen LogP contribution < -0.4 is 4.90 Å². The fourth-order valence-electron chi connectivity index (χ4n) is 6.76. The SMILES string of the molecule is CCN(C(=O)[C@]1(C)CCN(CC(=O)N2CC=C(c3ccc(-c4ncn(C)n4)cc3)CC2)C1)c1ccc2n[nH]c(C3CC3)c2c1. The molecule has 10 nitrogen and oxygen atoms in total. The fraction of sp³-hybridized carbons (Fsp3) is 0.441. The van der Waals surface area contributed by atoms with Crippen LogP contribution in [0.5, 0.6) is 0 Å². The van der Waals surface area contributed by atoms with Crippen LogP contribution in [0.25, 0.3) is 27.9 Å². The van der Waals surface area contributed by atoms with Crippen molar-refractivity contribution in [2.45, 2.75) is 45.4 Å². The first-order valence-corrected chi connectivity index (χ1v) is 15.8. The minimum atomic E-state index is -0.535. The highest BCUT2D eigenvalue weighted by atomic mass is 16.2. The van der Waals surface area contributed by atoms with E-state index in [-0.39, 0.29) is 11.8 Å². The molecule has 2 aromatic heterocycles. The largest absolute Gasteiger partial charge is 0.338 e. The lowest BCUT2D eigenvalue weighted by atomic mass is 9.87. The lowest BCUT2D eigenvalue weighted by Gasteiger charge is -2.32. The number of carbonyl (C=O) groups excluding carboxylic acids is 2. The molecule has 0 unspecified atom stereocenters. The normalized spacial score (nSPS) is 20.7. The van der Waals surface area contributed by atoms with Gasteiger partial charge in [0.2, 0.25) is 11.8 Å². The Labute approximate surface area is 257 Å². The van der Waals surface area contributed by atoms with Gasteiger partial charge in [0, 0.05) is 61.5 Å². The molecule has 2 aromatic carbocycles. The van der Waals surface area contributed by atoms with E-state index in [0.29, 0.717) is 44.5 Å². The van der Waals surface area contributed by atoms with Gasteiger partial charge in [-0.15, -0.1) is 0 Å². The first kappa shape index (κ1) is 28.5. The Morgan fingerprint density at radius 3 is 2.57 bits per heavy atom. The molecule has 3 aliphatic rings. The smallest absolute Gasteiger partial charge is 0.237 e. The second kappa shape index (κ2) is 11.3. The Kier molecular flexibility index (Phi) is 7.32. The molecule has 0 radical (unpaired) electrons. The van der Waals surface area contributed by atoms with E-state index in [2.05, 4.69) is 68.5 Å². The molecule has 1 saturated heterocycles. The number of amides is 2. The lowest BCUT2D eigenvalue weighted by molar-refractivity contribution is -0.132. The minimum absolute atomic E-state index is 0.124. The summed E-state index contributed by atoms with van der Waals surface area (Å²) in [6.07, 6.45) is 7.81. The molecule has 2 aliphatic heterocycles. The van der Waals surface area contributed by atoms with Gasteiger partial charge in [0.15, 0.2) is 5.82 Å². The maximum Gasteiger partial charge on any atom is 0.237 e. The van der Waals surface area contributed by atoms with E-state index in [9.17, 15) is 9.59 Å². The number of rotatable bonds is 8. The number of hydrogen-bond donors (Lipinski definition) is 1. The highest BCUT2D eigenvalue weighted by Crippen LogP contribution is 2.43. The predicted molar refractivity (Wildman–Crippen MR) is 171 cm³/mol. The van der Waals surface area contributed by atoms with E-state index in [1.807, 2.05) is 35.9 Å². The van der Waals surface area contributed by atoms with Crippen molar-refractivity contribution in [3.63, 3.8) is 0 Å². The quantitative estimate of drug-likeness (QED) is 0.320. The maximum absolute atomic E-state index is 14.0. The molecule has 1 N–H and O–H groups in total. The monoisotopic (exact) mass is 592 g/mol. The van der Waals surface area contributed by atoms with E-state index in [4.69, 9.17) is 0 Å². The van der Waals surface area contributed by atoms with Gasteiger partial charge < -0.3 is 9.80 Å². The molecule has 1 atom stereocenters. The Hall–Kier alpha value is -4.31. The number of likely N-dealkylation sites (tertiary alicyclic amines) is 1. The number of H-pyrrole nitrogens is 1. The first-order chi connectivity index (χ1) is 21.3. The van der Waals surface area contributed by atoms with Crippen LogP contribution in [0.3, 0.4) is 0 Å². The summed E-state index contributed by atoms with van der Waals surface area (Å²) in [6, 6.07) is 14.5. The van der Waals surface area contributed by atoms with Crippen LogP contribution in [0.2, 0.25) is 0 Å². The molecule has 228 valence electrons. The number of benzene rings is 2. The van der Waals surface area contributed by atoms with Crippen LogP contribution in [0.15, 0.2) is 54.9 Å². The van der Waals surface area contributed by atoms with Crippen molar-refractivity contribution < 1.29 is 9.59 Å². The zero-order valence-corrected chi connectivity index (χ0v) is 25.8. The van der Waals surface area contributed by atoms with Crippen molar-refractivity contribution in [1.29, 1.82) is 0 Å². The number of aromatic nitrogens is 5. The number of aryl methyl sites for hydroxylation is 1. The van der Waals surface area contributed by atoms with E-state index >= 15 is 0 Å². The van der Waals surface area contributed by atoms with Gasteiger partial charge >= 0.3 is 0 Å². The molecule has 7 rings (SSSR count). The number of hydrogen-bond acceptors (Lipinski definition) is 6. The summed E-state index contributed by atoms with van der Waals surface area (Å²) in [7, 11) is 1.86. The standard InChI is InChI=1S/C34H40N8O2/c1-4-42(27-11-12-29-28(19-27)31(37-36-29)25-7-8-25)33(44)34(2)15-18-40(21-34)20-30(43)41-16-13-24(14-17-41)23-5-9-26(10-6-23)32-35-22-39(3)38-32/h5-6,9-13,19,22,25H,4,7-8,14-18,20-21H2,1-3H3,(H,36,37)/t34-/m1/s1. The van der Waals surface area contributed by atoms with Gasteiger partial charge in [0.1, 0.15) is 6.33 Å². The van der Waals surface area contributed by atoms with Crippen LogP contribution in [-0.2, 0) is 16.6 Å². The van der Waals surface area contributed by atoms with Crippen LogP contribution in [-0.4, -0.2) is 85.8 Å². The van der Waals surface area contributed by atoms with E-state index in [1.165, 1.54) is 29.7 Å². The van der Waals surface area contributed by atoms with Crippen molar-refractivity contribution >= 4 is 34.0 Å². The fourth-order valence-corrected chi connectivity index (χ4v) is 6.76. The van der Waals surface area contributed by atoms with Gasteiger partial charge in [-0.1, -0.05) is 30.3 Å². The molecular formula is C34H40N8O2. The number of fused-ring (bicyclic) bond motifs is 1. The van der Waals surface area contributed by atoms with Gasteiger partial charge in [-0.25, -0.2) is 4.98 Å². The van der Waals surface area contributed by atoms with E-state index in [0.717, 1.165) is 41.5 Å². The summed E-state index contributed by atoms with van der Waals surface area (Å²) in [6.45, 7) is 7.65. The van der Waals surface area contributed by atoms with Crippen LogP contribution in [0.1, 0.15) is 56.7 Å². The summed E-state index contributed by atoms with van der Waals surface area (Å²) < 4.78 is 1.70. The predicted octanol–water partition coefficient (Wildman–Crippen LogP) is 4.62. The van der Waals surface area contributed by atoms with Crippen molar-refractivity contribution in [3.8, 4) is 11.4 Å². The molecular weight excluding hydrogens is 552 g/mol. The second-order valence-electron chi connectivity index (χ2n) is 12.8. The summed E-state index contributed by atoms with van der Waals surface area (Å²) in [4.78, 5) is 37.6. The molecule has 2 amide bonds. The van der Waals surface area contributed by atoms with E-state index < -0.39 is 5.41 Å². The third-order valence-electron chi connectivity index (χ3n) is 9.53. The molecule has 2 fully saturated rings. The minimum Gasteiger partial charge on any atom is -0.338 e. The Balaban J connectivity index is 0.961. The molecule has 4 heterocycles. The first-order valence-electron chi connectivity index (χ1n) is 15.8. The summed E-state index contributed by atoms with van der Waals surface area (Å²) >= 11 is 0. The Morgan fingerprint density at radius 1 is 1.09 bits per heavy atom. The van der Waals surface area contributed by atoms with Gasteiger partial charge in [0.25, 0.3) is 0 Å². The van der Waals surface area contributed by atoms with Gasteiger partial charge in [-0.3, -0.25) is 24.3 Å². The van der Waals surface area contributed by atoms with Crippen molar-refractivity contribution in [2.75, 3.05) is 44.2 Å². The third kappa shape index (κ3) is 5.43. The second-order valence-corrected chi connectivity index (χ2v) is 12.8. The van der Waals surface area contributed by atoms with E-state index in [1.54, 1.807) is 11.0 Å². The Morgan fingerprint density at radius 2 is 1.89 bits per heavy atom. The number of anilines is 1. The molecule has 10 heteroatoms. The highest BCUT2D eigenvalue weighted by molar-refractivity contribution is 6.00. The highest BCUT2D eigenvalue weighted by Gasteiger charge is 2.43. The molecule has 1 aliphatic carbocycles. The third-order valence-corrected chi connectivity index (χ3v) is 9.53.